The summed E-state index contributed by atoms with van der Waals surface area (Å²) < 4.78 is 31.7. The van der Waals surface area contributed by atoms with E-state index < -0.39 is 10.0 Å². The molecule has 0 unspecified atom stereocenters. The molecule has 1 aromatic heterocycles. The van der Waals surface area contributed by atoms with Crippen LogP contribution in [0, 0.1) is 0 Å². The van der Waals surface area contributed by atoms with Crippen LogP contribution in [0.15, 0.2) is 33.7 Å². The van der Waals surface area contributed by atoms with Gasteiger partial charge in [-0.2, -0.15) is 4.98 Å². The summed E-state index contributed by atoms with van der Waals surface area (Å²) in [5.74, 6) is 1.21. The Bertz CT molecular complexity index is 723. The van der Waals surface area contributed by atoms with E-state index in [-0.39, 0.29) is 10.9 Å². The molecule has 7 nitrogen and oxygen atoms in total. The molecular weight excluding hydrogens is 316 g/mol. The van der Waals surface area contributed by atoms with Gasteiger partial charge in [-0.05, 0) is 44.5 Å². The van der Waals surface area contributed by atoms with E-state index in [1.54, 1.807) is 38.1 Å². The summed E-state index contributed by atoms with van der Waals surface area (Å²) in [4.78, 5) is 4.50. The molecule has 0 bridgehead atoms. The highest BCUT2D eigenvalue weighted by Crippen LogP contribution is 2.15. The number of hydrogen-bond donors (Lipinski definition) is 2. The Hall–Kier alpha value is -1.93. The first-order chi connectivity index (χ1) is 10.9. The third kappa shape index (κ3) is 5.04. The second-order valence-corrected chi connectivity index (χ2v) is 7.22. The Morgan fingerprint density at radius 2 is 1.91 bits per heavy atom. The van der Waals surface area contributed by atoms with E-state index in [2.05, 4.69) is 20.2 Å². The van der Waals surface area contributed by atoms with Gasteiger partial charge in [-0.25, -0.2) is 13.1 Å². The lowest BCUT2D eigenvalue weighted by Crippen LogP contribution is -2.30. The first kappa shape index (κ1) is 17.4. The zero-order valence-electron chi connectivity index (χ0n) is 13.5. The van der Waals surface area contributed by atoms with Crippen molar-refractivity contribution >= 4 is 15.7 Å². The van der Waals surface area contributed by atoms with Gasteiger partial charge in [0.05, 0.1) is 11.4 Å². The van der Waals surface area contributed by atoms with Crippen LogP contribution in [-0.2, 0) is 23.0 Å². The molecule has 0 saturated carbocycles. The molecule has 0 atom stereocenters. The average molecular weight is 338 g/mol. The Kier molecular flexibility index (Phi) is 5.73. The molecule has 126 valence electrons. The van der Waals surface area contributed by atoms with Crippen molar-refractivity contribution in [3.8, 4) is 0 Å². The third-order valence-electron chi connectivity index (χ3n) is 2.98. The third-order valence-corrected chi connectivity index (χ3v) is 4.65. The Morgan fingerprint density at radius 1 is 1.22 bits per heavy atom. The molecule has 0 aliphatic carbocycles. The number of sulfonamides is 1. The molecule has 1 aromatic carbocycles. The second kappa shape index (κ2) is 7.56. The van der Waals surface area contributed by atoms with E-state index in [1.165, 1.54) is 0 Å². The monoisotopic (exact) mass is 338 g/mol. The van der Waals surface area contributed by atoms with Crippen molar-refractivity contribution in [1.29, 1.82) is 0 Å². The van der Waals surface area contributed by atoms with Crippen LogP contribution < -0.4 is 10.0 Å². The number of anilines is 1. The van der Waals surface area contributed by atoms with Crippen LogP contribution in [0.1, 0.15) is 38.9 Å². The van der Waals surface area contributed by atoms with E-state index >= 15 is 0 Å². The quantitative estimate of drug-likeness (QED) is 0.766. The van der Waals surface area contributed by atoms with E-state index in [1.807, 2.05) is 6.92 Å². The van der Waals surface area contributed by atoms with Crippen LogP contribution in [0.4, 0.5) is 5.69 Å². The number of aromatic nitrogens is 2. The zero-order chi connectivity index (χ0) is 16.9. The van der Waals surface area contributed by atoms with Gasteiger partial charge in [0.1, 0.15) is 0 Å². The molecule has 0 aliphatic heterocycles. The molecule has 8 heteroatoms. The fraction of sp³-hybridized carbons (Fsp3) is 0.467. The van der Waals surface area contributed by atoms with Gasteiger partial charge < -0.3 is 9.84 Å². The maximum atomic E-state index is 12.0. The topological polar surface area (TPSA) is 97.1 Å². The van der Waals surface area contributed by atoms with Crippen LogP contribution in [0.25, 0.3) is 0 Å². The Labute approximate surface area is 136 Å². The number of nitrogens with zero attached hydrogens (tertiary/aromatic N) is 2. The molecule has 0 saturated heterocycles. The van der Waals surface area contributed by atoms with Gasteiger partial charge in [-0.15, -0.1) is 0 Å². The molecule has 0 spiro atoms. The normalized spacial score (nSPS) is 11.8. The van der Waals surface area contributed by atoms with Gasteiger partial charge in [0.25, 0.3) is 0 Å². The van der Waals surface area contributed by atoms with E-state index in [0.29, 0.717) is 18.3 Å². The summed E-state index contributed by atoms with van der Waals surface area (Å²) in [5, 5.41) is 7.02. The Morgan fingerprint density at radius 3 is 2.52 bits per heavy atom. The largest absolute Gasteiger partial charge is 0.378 e. The van der Waals surface area contributed by atoms with Gasteiger partial charge in [0.2, 0.25) is 15.9 Å². The molecule has 0 amide bonds. The van der Waals surface area contributed by atoms with Gasteiger partial charge in [0, 0.05) is 18.2 Å². The van der Waals surface area contributed by atoms with Crippen molar-refractivity contribution in [1.82, 2.24) is 14.9 Å². The van der Waals surface area contributed by atoms with Crippen LogP contribution in [0.3, 0.4) is 0 Å². The van der Waals surface area contributed by atoms with Crippen LogP contribution >= 0.6 is 0 Å². The summed E-state index contributed by atoms with van der Waals surface area (Å²) in [6.07, 6.45) is 1.72. The summed E-state index contributed by atoms with van der Waals surface area (Å²) in [7, 11) is -3.46. The highest BCUT2D eigenvalue weighted by atomic mass is 32.2. The number of nitrogens with one attached hydrogen (secondary N) is 2. The van der Waals surface area contributed by atoms with Gasteiger partial charge in [0.15, 0.2) is 5.82 Å². The highest BCUT2D eigenvalue weighted by Gasteiger charge is 2.14. The van der Waals surface area contributed by atoms with Crippen molar-refractivity contribution in [2.75, 3.05) is 5.32 Å². The van der Waals surface area contributed by atoms with Crippen LogP contribution in [-0.4, -0.2) is 24.6 Å². The number of hydrogen-bond acceptors (Lipinski definition) is 6. The maximum absolute atomic E-state index is 12.0. The predicted molar refractivity (Wildman–Crippen MR) is 87.5 cm³/mol. The average Bonchev–Trinajstić information content (AvgIpc) is 2.92. The summed E-state index contributed by atoms with van der Waals surface area (Å²) in [6.45, 7) is 6.03. The van der Waals surface area contributed by atoms with E-state index in [9.17, 15) is 8.42 Å². The van der Waals surface area contributed by atoms with Gasteiger partial charge >= 0.3 is 0 Å². The summed E-state index contributed by atoms with van der Waals surface area (Å²) in [5.41, 5.74) is 0.787. The maximum Gasteiger partial charge on any atom is 0.240 e. The van der Waals surface area contributed by atoms with E-state index in [4.69, 9.17) is 4.52 Å². The molecule has 0 aliphatic rings. The van der Waals surface area contributed by atoms with Gasteiger partial charge in [-0.3, -0.25) is 0 Å². The van der Waals surface area contributed by atoms with Crippen LogP contribution in [0.5, 0.6) is 0 Å². The van der Waals surface area contributed by atoms with Crippen LogP contribution in [0.2, 0.25) is 0 Å². The minimum atomic E-state index is -3.46. The molecular formula is C15H22N4O3S. The van der Waals surface area contributed by atoms with Crippen molar-refractivity contribution < 1.29 is 12.9 Å². The smallest absolute Gasteiger partial charge is 0.240 e. The fourth-order valence-corrected chi connectivity index (χ4v) is 3.24. The first-order valence-corrected chi connectivity index (χ1v) is 9.06. The van der Waals surface area contributed by atoms with Crippen molar-refractivity contribution in [3.05, 3.63) is 36.0 Å². The van der Waals surface area contributed by atoms with Crippen molar-refractivity contribution in [3.63, 3.8) is 0 Å². The van der Waals surface area contributed by atoms with E-state index in [0.717, 1.165) is 18.5 Å². The summed E-state index contributed by atoms with van der Waals surface area (Å²) in [6, 6.07) is 6.40. The Balaban J connectivity index is 1.97. The molecule has 1 heterocycles. The van der Waals surface area contributed by atoms with Crippen molar-refractivity contribution in [2.45, 2.75) is 51.1 Å². The summed E-state index contributed by atoms with van der Waals surface area (Å²) >= 11 is 0. The fourth-order valence-electron chi connectivity index (χ4n) is 1.99. The van der Waals surface area contributed by atoms with Crippen molar-refractivity contribution in [2.24, 2.45) is 0 Å². The molecule has 2 N–H and O–H groups in total. The highest BCUT2D eigenvalue weighted by molar-refractivity contribution is 7.89. The number of aryl methyl sites for hydroxylation is 1. The number of rotatable bonds is 8. The van der Waals surface area contributed by atoms with Gasteiger partial charge in [-0.1, -0.05) is 12.1 Å². The predicted octanol–water partition coefficient (Wildman–Crippen LogP) is 2.32. The molecule has 2 rings (SSSR count). The molecule has 0 radical (unpaired) electrons. The lowest BCUT2D eigenvalue weighted by atomic mass is 10.3. The minimum Gasteiger partial charge on any atom is -0.378 e. The second-order valence-electron chi connectivity index (χ2n) is 5.51. The lowest BCUT2D eigenvalue weighted by molar-refractivity contribution is 0.372. The molecule has 0 fully saturated rings. The number of benzene rings is 1. The minimum absolute atomic E-state index is 0.145. The zero-order valence-corrected chi connectivity index (χ0v) is 14.4. The SMILES string of the molecule is CCCc1nc(CNc2ccc(S(=O)(=O)NC(C)C)cc2)no1. The standard InChI is InChI=1S/C15H22N4O3S/c1-4-5-15-17-14(18-22-15)10-16-12-6-8-13(9-7-12)23(20,21)19-11(2)3/h6-9,11,16,19H,4-5,10H2,1-3H3. The first-order valence-electron chi connectivity index (χ1n) is 7.58. The molecule has 23 heavy (non-hydrogen) atoms. The lowest BCUT2D eigenvalue weighted by Gasteiger charge is -2.10. The molecule has 2 aromatic rings.